The molecule has 0 saturated carbocycles. The molecule has 0 saturated heterocycles. The van der Waals surface area contributed by atoms with Gasteiger partial charge in [-0.25, -0.2) is 0 Å². The number of nitrogens with two attached hydrogens (primary N) is 2. The average Bonchev–Trinajstić information content (AvgIpc) is 3.04. The number of hydrogen-bond donors (Lipinski definition) is 3. The van der Waals surface area contributed by atoms with E-state index in [2.05, 4.69) is 481 Å². The summed E-state index contributed by atoms with van der Waals surface area (Å²) in [6.45, 7) is 0.276. The van der Waals surface area contributed by atoms with E-state index in [1.807, 2.05) is 0 Å². The molecule has 0 aliphatic carbocycles. The number of hydrogen-bond acceptors (Lipinski definition) is 3. The van der Waals surface area contributed by atoms with Gasteiger partial charge in [-0.1, -0.05) is 0 Å². The van der Waals surface area contributed by atoms with E-state index in [9.17, 15) is 0 Å². The summed E-state index contributed by atoms with van der Waals surface area (Å²) in [5.41, 5.74) is 13.8. The molecule has 0 aliphatic rings. The smallest absolute Gasteiger partial charge is 0.253 e. The van der Waals surface area contributed by atoms with Crippen molar-refractivity contribution in [2.75, 3.05) is 0 Å². The van der Waals surface area contributed by atoms with Gasteiger partial charge in [0.2, 0.25) is 4.63 Å². The van der Waals surface area contributed by atoms with Gasteiger partial charge in [0.15, 0.2) is 65.5 Å². The Kier molecular flexibility index (Phi) is 47.2. The minimum absolute atomic E-state index is 0.138. The van der Waals surface area contributed by atoms with Gasteiger partial charge in [0.25, 0.3) is 9.19 Å². The number of rotatable bonds is 24. The molecule has 0 spiro atoms. The fraction of sp³-hybridized carbons (Fsp3) is 0. The molecule has 0 fully saturated rings. The second kappa shape index (κ2) is 35.2. The Labute approximate surface area is 563 Å². The first-order valence-corrected chi connectivity index (χ1v) is 37.9. The molecule has 0 atom stereocenters. The second-order valence-corrected chi connectivity index (χ2v) is 42.7. The number of halogens is 20. The quantitative estimate of drug-likeness (QED) is 0.0730. The third-order valence-electron chi connectivity index (χ3n) is 6.27. The van der Waals surface area contributed by atoms with Crippen LogP contribution < -0.4 is 16.4 Å². The fourth-order valence-corrected chi connectivity index (χ4v) is 26.0. The molecule has 4 radical (unpaired) electrons. The Morgan fingerprint density at radius 1 is 0.298 bits per heavy atom. The normalized spacial score (nSPS) is 10.0. The first-order chi connectivity index (χ1) is 21.5. The minimum Gasteiger partial charge on any atom is -0.391 e. The molecule has 0 aromatic carbocycles. The Morgan fingerprint density at radius 2 is 0.532 bits per heavy atom. The largest absolute Gasteiger partial charge is 0.391 e. The predicted molar refractivity (Wildman–Crippen MR) is 430 cm³/mol. The van der Waals surface area contributed by atoms with Crippen LogP contribution in [0.5, 0.6) is 0 Å². The molecule has 5 N–H and O–H groups in total. The first-order valence-electron chi connectivity index (χ1n) is 12.9. The zero-order valence-corrected chi connectivity index (χ0v) is 66.2. The lowest BCUT2D eigenvalue weighted by Crippen LogP contribution is -2.68. The van der Waals surface area contributed by atoms with Gasteiger partial charge >= 0.3 is 0 Å². The molecular weight excluding hydrogens is 2840 g/mol. The van der Waals surface area contributed by atoms with Gasteiger partial charge in [0.1, 0.15) is 8.70 Å². The van der Waals surface area contributed by atoms with Crippen molar-refractivity contribution in [3.8, 4) is 0 Å². The summed E-state index contributed by atoms with van der Waals surface area (Å²) >= 11 is 52.1. The highest BCUT2D eigenvalue weighted by Gasteiger charge is 2.52. The highest BCUT2D eigenvalue weighted by Crippen LogP contribution is 2.29. The Balaban J connectivity index is 5.25. The summed E-state index contributed by atoms with van der Waals surface area (Å²) in [6.07, 6.45) is 0. The molecule has 3 nitrogen and oxygen atoms in total. The zero-order chi connectivity index (χ0) is 37.1. The maximum Gasteiger partial charge on any atom is 0.253 e. The third-order valence-corrected chi connectivity index (χ3v) is 47.8. The van der Waals surface area contributed by atoms with Crippen LogP contribution in [0.2, 0.25) is 0 Å². The highest BCUT2D eigenvalue weighted by atomic mass is 127. The lowest BCUT2D eigenvalue weighted by atomic mass is 8.83. The molecule has 47 heteroatoms. The van der Waals surface area contributed by atoms with E-state index in [1.54, 1.807) is 0 Å². The van der Waals surface area contributed by atoms with Crippen LogP contribution in [0, 0.1) is 0 Å². The van der Waals surface area contributed by atoms with E-state index in [4.69, 9.17) is 11.3 Å². The fourth-order valence-electron chi connectivity index (χ4n) is 3.51. The summed E-state index contributed by atoms with van der Waals surface area (Å²) < 4.78 is 8.14. The van der Waals surface area contributed by atoms with Crippen LogP contribution in [0.4, 0.5) is 0 Å². The lowest BCUT2D eigenvalue weighted by Gasteiger charge is -2.28. The van der Waals surface area contributed by atoms with Crippen molar-refractivity contribution >= 4 is 564 Å². The minimum atomic E-state index is 0.138. The molecule has 47 heavy (non-hydrogen) atoms. The zero-order valence-electron chi connectivity index (χ0n) is 23.1. The monoisotopic (exact) mass is 2850 g/mol. The SMILES string of the molecule is NB(B(I)B(I)[B][B]B(I)I)B(I)B(I)B(I)B(I)B(I)B(I)NB(I)B(I)B(I)B(I)B(I)B(I)B(N)B(I)B(I)[B][B]B(I)I. The highest BCUT2D eigenvalue weighted by molar-refractivity contribution is 14.3. The Bertz CT molecular complexity index is 775. The van der Waals surface area contributed by atoms with Crippen LogP contribution >= 0.6 is 447 Å². The molecule has 0 aliphatic heterocycles. The van der Waals surface area contributed by atoms with Crippen molar-refractivity contribution in [3.63, 3.8) is 0 Å². The molecule has 0 heterocycles. The van der Waals surface area contributed by atoms with Gasteiger partial charge < -0.3 is 16.4 Å². The summed E-state index contributed by atoms with van der Waals surface area (Å²) in [5, 5.41) is 4.01. The van der Waals surface area contributed by atoms with Crippen molar-refractivity contribution in [3.05, 3.63) is 0 Å². The van der Waals surface area contributed by atoms with E-state index < -0.39 is 0 Å². The van der Waals surface area contributed by atoms with E-state index in [-0.39, 0.29) is 13.3 Å². The van der Waals surface area contributed by atoms with E-state index in [0.717, 1.165) is 0 Å². The first kappa shape index (κ1) is 63.0. The van der Waals surface area contributed by atoms with Crippen LogP contribution in [-0.2, 0) is 0 Å². The van der Waals surface area contributed by atoms with Crippen molar-refractivity contribution in [1.82, 2.24) is 5.14 Å². The van der Waals surface area contributed by atoms with Gasteiger partial charge in [-0.3, -0.25) is 0 Å². The van der Waals surface area contributed by atoms with Crippen molar-refractivity contribution < 1.29 is 0 Å². The van der Waals surface area contributed by atoms with Gasteiger partial charge in [0, 0.05) is 14.1 Å². The molecule has 0 aromatic heterocycles. The third kappa shape index (κ3) is 25.3. The number of nitrogens with one attached hydrogen (secondary N) is 1. The van der Waals surface area contributed by atoms with E-state index >= 15 is 0 Å². The molecular formula is H5B24I20N3. The topological polar surface area (TPSA) is 64.1 Å². The van der Waals surface area contributed by atoms with E-state index in [1.165, 1.54) is 0 Å². The summed E-state index contributed by atoms with van der Waals surface area (Å²) in [5.74, 6) is 0. The average molecular weight is 2840 g/mol. The van der Waals surface area contributed by atoms with Gasteiger partial charge in [-0.15, -0.1) is 134 Å². The van der Waals surface area contributed by atoms with Gasteiger partial charge in [0.05, 0.1) is 14.1 Å². The summed E-state index contributed by atoms with van der Waals surface area (Å²) in [7, 11) is 9.21. The maximum atomic E-state index is 6.90. The van der Waals surface area contributed by atoms with Crippen LogP contribution in [0.3, 0.4) is 0 Å². The summed E-state index contributed by atoms with van der Waals surface area (Å²) in [6, 6.07) is 0. The standard InChI is InChI=1S/B24H5I20N3/c25-5(1-3-7(27)28)9(31)21(45)17(39)13(35)11(33)15(37)19(41)23(43)47-24(44)20(42)16(38)12(34)14(36)18(40)22(46)10(32)6(26)2-4-8(29)30/h47H,45-46H2. The summed E-state index contributed by atoms with van der Waals surface area (Å²) in [4.78, 5) is 0. The van der Waals surface area contributed by atoms with Crippen LogP contribution in [0.1, 0.15) is 0 Å². The Hall–Kier alpha value is 16.0. The van der Waals surface area contributed by atoms with Gasteiger partial charge in [-0.05, 0) is 0 Å². The predicted octanol–water partition coefficient (Wildman–Crippen LogP) is 6.90. The Morgan fingerprint density at radius 3 is 0.787 bits per heavy atom. The molecule has 232 valence electrons. The van der Waals surface area contributed by atoms with Gasteiger partial charge in [-0.2, -0.15) is 313 Å². The molecule has 0 rings (SSSR count). The molecule has 0 aromatic rings. The van der Waals surface area contributed by atoms with Crippen LogP contribution in [0.25, 0.3) is 0 Å². The van der Waals surface area contributed by atoms with Crippen molar-refractivity contribution in [2.45, 2.75) is 0 Å². The molecule has 0 bridgehead atoms. The van der Waals surface area contributed by atoms with Crippen LogP contribution in [0.15, 0.2) is 0 Å². The van der Waals surface area contributed by atoms with Crippen LogP contribution in [-0.4, -0.2) is 116 Å². The second-order valence-electron chi connectivity index (χ2n) is 9.79. The molecule has 0 unspecified atom stereocenters. The van der Waals surface area contributed by atoms with Crippen molar-refractivity contribution in [2.24, 2.45) is 11.3 Å². The molecule has 0 amide bonds. The lowest BCUT2D eigenvalue weighted by molar-refractivity contribution is 1.64. The van der Waals surface area contributed by atoms with E-state index in [0.29, 0.717) is 74.7 Å². The van der Waals surface area contributed by atoms with Crippen molar-refractivity contribution in [1.29, 1.82) is 0 Å². The maximum absolute atomic E-state index is 6.90.